The molecule has 0 fully saturated rings. The van der Waals surface area contributed by atoms with Gasteiger partial charge in [-0.3, -0.25) is 5.43 Å². The van der Waals surface area contributed by atoms with Crippen molar-refractivity contribution in [1.29, 1.82) is 0 Å². The van der Waals surface area contributed by atoms with Crippen LogP contribution in [0, 0.1) is 5.92 Å². The highest BCUT2D eigenvalue weighted by Crippen LogP contribution is 2.11. The second kappa shape index (κ2) is 9.30. The van der Waals surface area contributed by atoms with Gasteiger partial charge in [-0.25, -0.2) is 5.84 Å². The maximum Gasteiger partial charge on any atom is 0.322 e. The SMILES string of the molecule is COc1nc(NN)nc(NCCCCCCC(C)C)n1. The molecule has 0 bridgehead atoms. The Morgan fingerprint density at radius 3 is 2.40 bits per heavy atom. The first-order chi connectivity index (χ1) is 9.65. The summed E-state index contributed by atoms with van der Waals surface area (Å²) in [6.45, 7) is 5.36. The molecule has 0 spiro atoms. The van der Waals surface area contributed by atoms with Gasteiger partial charge >= 0.3 is 6.01 Å². The van der Waals surface area contributed by atoms with E-state index in [1.54, 1.807) is 0 Å². The fourth-order valence-electron chi connectivity index (χ4n) is 1.82. The molecule has 0 saturated carbocycles. The standard InChI is InChI=1S/C13H26N6O/c1-10(2)8-6-4-5-7-9-15-11-16-12(19-14)18-13(17-11)20-3/h10H,4-9,14H2,1-3H3,(H2,15,16,17,18,19). The first-order valence-electron chi connectivity index (χ1n) is 7.16. The summed E-state index contributed by atoms with van der Waals surface area (Å²) in [7, 11) is 1.51. The molecule has 0 saturated heterocycles. The molecule has 1 aromatic heterocycles. The number of nitrogens with one attached hydrogen (secondary N) is 2. The van der Waals surface area contributed by atoms with Crippen LogP contribution in [0.2, 0.25) is 0 Å². The van der Waals surface area contributed by atoms with E-state index in [0.29, 0.717) is 5.95 Å². The quantitative estimate of drug-likeness (QED) is 0.344. The molecule has 0 aliphatic rings. The van der Waals surface area contributed by atoms with Crippen molar-refractivity contribution < 1.29 is 4.74 Å². The zero-order valence-corrected chi connectivity index (χ0v) is 12.6. The number of aromatic nitrogens is 3. The first kappa shape index (κ1) is 16.4. The summed E-state index contributed by atoms with van der Waals surface area (Å²) in [5.74, 6) is 6.86. The van der Waals surface area contributed by atoms with Crippen molar-refractivity contribution in [2.45, 2.75) is 46.0 Å². The van der Waals surface area contributed by atoms with E-state index < -0.39 is 0 Å². The fraction of sp³-hybridized carbons (Fsp3) is 0.769. The molecular formula is C13H26N6O. The van der Waals surface area contributed by atoms with Gasteiger partial charge in [0.25, 0.3) is 0 Å². The summed E-state index contributed by atoms with van der Waals surface area (Å²) >= 11 is 0. The minimum Gasteiger partial charge on any atom is -0.467 e. The van der Waals surface area contributed by atoms with Crippen LogP contribution in [-0.2, 0) is 0 Å². The monoisotopic (exact) mass is 282 g/mol. The van der Waals surface area contributed by atoms with Crippen LogP contribution in [-0.4, -0.2) is 28.6 Å². The van der Waals surface area contributed by atoms with Crippen LogP contribution in [0.5, 0.6) is 6.01 Å². The number of rotatable bonds is 10. The topological polar surface area (TPSA) is 98.0 Å². The average molecular weight is 282 g/mol. The molecule has 1 aromatic rings. The van der Waals surface area contributed by atoms with E-state index in [4.69, 9.17) is 10.6 Å². The Labute approximate surface area is 120 Å². The first-order valence-corrected chi connectivity index (χ1v) is 7.16. The van der Waals surface area contributed by atoms with Gasteiger partial charge in [0, 0.05) is 6.54 Å². The third kappa shape index (κ3) is 6.51. The Morgan fingerprint density at radius 1 is 1.05 bits per heavy atom. The molecule has 4 N–H and O–H groups in total. The fourth-order valence-corrected chi connectivity index (χ4v) is 1.82. The van der Waals surface area contributed by atoms with E-state index in [2.05, 4.69) is 39.5 Å². The number of anilines is 2. The molecular weight excluding hydrogens is 256 g/mol. The smallest absolute Gasteiger partial charge is 0.322 e. The molecule has 0 amide bonds. The molecule has 0 aliphatic heterocycles. The van der Waals surface area contributed by atoms with Crippen molar-refractivity contribution in [3.05, 3.63) is 0 Å². The number of nitrogens with zero attached hydrogens (tertiary/aromatic N) is 3. The second-order valence-corrected chi connectivity index (χ2v) is 5.14. The van der Waals surface area contributed by atoms with Crippen molar-refractivity contribution in [3.63, 3.8) is 0 Å². The zero-order valence-electron chi connectivity index (χ0n) is 12.6. The highest BCUT2D eigenvalue weighted by molar-refractivity contribution is 5.34. The van der Waals surface area contributed by atoms with Gasteiger partial charge in [-0.2, -0.15) is 15.0 Å². The van der Waals surface area contributed by atoms with Gasteiger partial charge in [-0.15, -0.1) is 0 Å². The summed E-state index contributed by atoms with van der Waals surface area (Å²) in [4.78, 5) is 12.1. The van der Waals surface area contributed by atoms with E-state index in [9.17, 15) is 0 Å². The van der Waals surface area contributed by atoms with Crippen LogP contribution in [0.25, 0.3) is 0 Å². The van der Waals surface area contributed by atoms with E-state index in [1.165, 1.54) is 32.8 Å². The third-order valence-corrected chi connectivity index (χ3v) is 2.92. The molecule has 20 heavy (non-hydrogen) atoms. The number of hydrogen-bond acceptors (Lipinski definition) is 7. The number of methoxy groups -OCH3 is 1. The molecule has 0 aromatic carbocycles. The van der Waals surface area contributed by atoms with Crippen LogP contribution in [0.3, 0.4) is 0 Å². The minimum atomic E-state index is 0.243. The molecule has 0 atom stereocenters. The predicted octanol–water partition coefficient (Wildman–Crippen LogP) is 2.18. The highest BCUT2D eigenvalue weighted by atomic mass is 16.5. The van der Waals surface area contributed by atoms with Gasteiger partial charge in [0.15, 0.2) is 0 Å². The Balaban J connectivity index is 2.24. The van der Waals surface area contributed by atoms with Crippen molar-refractivity contribution in [3.8, 4) is 6.01 Å². The van der Waals surface area contributed by atoms with Gasteiger partial charge in [-0.05, 0) is 12.3 Å². The lowest BCUT2D eigenvalue weighted by molar-refractivity contribution is 0.379. The number of hydrogen-bond donors (Lipinski definition) is 3. The summed E-state index contributed by atoms with van der Waals surface area (Å²) in [5.41, 5.74) is 2.39. The largest absolute Gasteiger partial charge is 0.467 e. The molecule has 1 rings (SSSR count). The second-order valence-electron chi connectivity index (χ2n) is 5.14. The molecule has 0 radical (unpaired) electrons. The number of unbranched alkanes of at least 4 members (excludes halogenated alkanes) is 3. The van der Waals surface area contributed by atoms with Gasteiger partial charge in [0.2, 0.25) is 11.9 Å². The van der Waals surface area contributed by atoms with Crippen LogP contribution in [0.4, 0.5) is 11.9 Å². The maximum atomic E-state index is 5.29. The molecule has 7 nitrogen and oxygen atoms in total. The van der Waals surface area contributed by atoms with E-state index >= 15 is 0 Å². The van der Waals surface area contributed by atoms with E-state index in [0.717, 1.165) is 18.9 Å². The Hall–Kier alpha value is -1.63. The van der Waals surface area contributed by atoms with Crippen LogP contribution < -0.4 is 21.3 Å². The van der Waals surface area contributed by atoms with Crippen LogP contribution in [0.1, 0.15) is 46.0 Å². The lowest BCUT2D eigenvalue weighted by atomic mass is 10.0. The van der Waals surface area contributed by atoms with Gasteiger partial charge in [-0.1, -0.05) is 39.5 Å². The van der Waals surface area contributed by atoms with E-state index in [-0.39, 0.29) is 12.0 Å². The number of hydrazine groups is 1. The van der Waals surface area contributed by atoms with Crippen molar-refractivity contribution in [2.24, 2.45) is 11.8 Å². The third-order valence-electron chi connectivity index (χ3n) is 2.92. The lowest BCUT2D eigenvalue weighted by Crippen LogP contribution is -2.14. The number of nitrogens with two attached hydrogens (primary N) is 1. The Morgan fingerprint density at radius 2 is 1.75 bits per heavy atom. The summed E-state index contributed by atoms with van der Waals surface area (Å²) < 4.78 is 4.98. The van der Waals surface area contributed by atoms with E-state index in [1.807, 2.05) is 0 Å². The Kier molecular flexibility index (Phi) is 7.64. The van der Waals surface area contributed by atoms with Crippen molar-refractivity contribution >= 4 is 11.9 Å². The minimum absolute atomic E-state index is 0.243. The van der Waals surface area contributed by atoms with Crippen molar-refractivity contribution in [2.75, 3.05) is 24.4 Å². The highest BCUT2D eigenvalue weighted by Gasteiger charge is 2.05. The van der Waals surface area contributed by atoms with Gasteiger partial charge < -0.3 is 10.1 Å². The molecule has 0 aliphatic carbocycles. The summed E-state index contributed by atoms with van der Waals surface area (Å²) in [5, 5.41) is 3.16. The average Bonchev–Trinajstić information content (AvgIpc) is 2.45. The molecule has 7 heteroatoms. The number of ether oxygens (including phenoxy) is 1. The van der Waals surface area contributed by atoms with Gasteiger partial charge in [0.05, 0.1) is 7.11 Å². The molecule has 114 valence electrons. The van der Waals surface area contributed by atoms with Crippen LogP contribution >= 0.6 is 0 Å². The predicted molar refractivity (Wildman–Crippen MR) is 80.6 cm³/mol. The molecule has 1 heterocycles. The zero-order chi connectivity index (χ0) is 14.8. The van der Waals surface area contributed by atoms with Gasteiger partial charge in [0.1, 0.15) is 0 Å². The summed E-state index contributed by atoms with van der Waals surface area (Å²) in [6, 6.07) is 0.243. The van der Waals surface area contributed by atoms with Crippen molar-refractivity contribution in [1.82, 2.24) is 15.0 Å². The summed E-state index contributed by atoms with van der Waals surface area (Å²) in [6.07, 6.45) is 6.19. The maximum absolute atomic E-state index is 5.29. The number of nitrogen functional groups attached to an aromatic ring is 1. The normalized spacial score (nSPS) is 10.7. The Bertz CT molecular complexity index is 363. The lowest BCUT2D eigenvalue weighted by Gasteiger charge is -2.08. The molecule has 0 unspecified atom stereocenters. The van der Waals surface area contributed by atoms with Crippen LogP contribution in [0.15, 0.2) is 0 Å².